The summed E-state index contributed by atoms with van der Waals surface area (Å²) >= 11 is 0. The number of rotatable bonds is 11. The Bertz CT molecular complexity index is 1500. The monoisotopic (exact) mass is 575 g/mol. The molecule has 3 aromatic rings. The topological polar surface area (TPSA) is 126 Å². The Morgan fingerprint density at radius 1 is 1.24 bits per heavy atom. The van der Waals surface area contributed by atoms with Crippen LogP contribution in [0.5, 0.6) is 5.75 Å². The Morgan fingerprint density at radius 3 is 2.76 bits per heavy atom. The average molecular weight is 576 g/mol. The number of benzene rings is 2. The van der Waals surface area contributed by atoms with E-state index in [4.69, 9.17) is 14.5 Å². The number of carbonyl (C=O) groups excluding carboxylic acids is 1. The lowest BCUT2D eigenvalue weighted by molar-refractivity contribution is -0.384. The number of para-hydroxylation sites is 1. The van der Waals surface area contributed by atoms with Gasteiger partial charge in [-0.2, -0.15) is 0 Å². The van der Waals surface area contributed by atoms with Crippen LogP contribution in [0.25, 0.3) is 0 Å². The maximum absolute atomic E-state index is 13.0. The highest BCUT2D eigenvalue weighted by molar-refractivity contribution is 5.91. The standard InChI is InChI=1S/C30H37N7O5/c1-6-42-29(38)21-17-31-30(33-27(21)22-18-36-12-8-10-19-9-7-11-20(22)28(19)36)32-23-15-25(37(39)40)24(16-26(23)41-5)35(4)14-13-34(2)3/h7,9,11,15-17,22H,6,8,10,12-14,18H2,1-5H3,(H,31,32,33). The van der Waals surface area contributed by atoms with Crippen molar-refractivity contribution in [1.82, 2.24) is 14.9 Å². The van der Waals surface area contributed by atoms with E-state index in [0.29, 0.717) is 41.5 Å². The highest BCUT2D eigenvalue weighted by Gasteiger charge is 2.36. The fraction of sp³-hybridized carbons (Fsp3) is 0.433. The predicted octanol–water partition coefficient (Wildman–Crippen LogP) is 4.21. The van der Waals surface area contributed by atoms with E-state index in [1.165, 1.54) is 30.6 Å². The molecular weight excluding hydrogens is 538 g/mol. The molecule has 0 bridgehead atoms. The first-order chi connectivity index (χ1) is 20.2. The lowest BCUT2D eigenvalue weighted by Gasteiger charge is -2.26. The van der Waals surface area contributed by atoms with Gasteiger partial charge in [-0.1, -0.05) is 18.2 Å². The summed E-state index contributed by atoms with van der Waals surface area (Å²) in [5, 5.41) is 15.2. The second-order valence-corrected chi connectivity index (χ2v) is 10.8. The van der Waals surface area contributed by atoms with Crippen LogP contribution in [0.15, 0.2) is 36.5 Å². The fourth-order valence-corrected chi connectivity index (χ4v) is 5.74. The van der Waals surface area contributed by atoms with Gasteiger partial charge < -0.3 is 29.5 Å². The first kappa shape index (κ1) is 29.1. The summed E-state index contributed by atoms with van der Waals surface area (Å²) in [5.41, 5.74) is 5.23. The van der Waals surface area contributed by atoms with Crippen LogP contribution in [-0.4, -0.2) is 86.8 Å². The van der Waals surface area contributed by atoms with Crippen molar-refractivity contribution in [3.8, 4) is 5.75 Å². The molecule has 0 saturated carbocycles. The SMILES string of the molecule is CCOC(=O)c1cnc(Nc2cc([N+](=O)[O-])c(N(C)CCN(C)C)cc2OC)nc1C1CN2CCCc3cccc1c32. The molecular formula is C30H37N7O5. The van der Waals surface area contributed by atoms with E-state index in [1.807, 2.05) is 30.9 Å². The number of ether oxygens (including phenoxy) is 2. The Labute approximate surface area is 245 Å². The number of hydrogen-bond acceptors (Lipinski definition) is 11. The summed E-state index contributed by atoms with van der Waals surface area (Å²) in [7, 11) is 7.22. The molecule has 0 spiro atoms. The minimum atomic E-state index is -0.483. The van der Waals surface area contributed by atoms with Gasteiger partial charge in [0.25, 0.3) is 5.69 Å². The maximum atomic E-state index is 13.0. The van der Waals surface area contributed by atoms with Crippen molar-refractivity contribution < 1.29 is 19.2 Å². The number of nitrogens with zero attached hydrogens (tertiary/aromatic N) is 6. The van der Waals surface area contributed by atoms with E-state index in [1.54, 1.807) is 13.0 Å². The summed E-state index contributed by atoms with van der Waals surface area (Å²) < 4.78 is 11.0. The zero-order valence-corrected chi connectivity index (χ0v) is 24.7. The predicted molar refractivity (Wildman–Crippen MR) is 162 cm³/mol. The number of nitrogens with one attached hydrogen (secondary N) is 1. The minimum absolute atomic E-state index is 0.0748. The van der Waals surface area contributed by atoms with Crippen molar-refractivity contribution in [3.63, 3.8) is 0 Å². The quantitative estimate of drug-likeness (QED) is 0.201. The third-order valence-corrected chi connectivity index (χ3v) is 7.80. The summed E-state index contributed by atoms with van der Waals surface area (Å²) in [6.07, 6.45) is 3.56. The second-order valence-electron chi connectivity index (χ2n) is 10.8. The number of anilines is 4. The lowest BCUT2D eigenvalue weighted by atomic mass is 9.92. The minimum Gasteiger partial charge on any atom is -0.494 e. The van der Waals surface area contributed by atoms with Gasteiger partial charge in [0.05, 0.1) is 30.0 Å². The molecule has 1 atom stereocenters. The average Bonchev–Trinajstić information content (AvgIpc) is 3.36. The van der Waals surface area contributed by atoms with E-state index in [9.17, 15) is 14.9 Å². The number of aryl methyl sites for hydroxylation is 1. The van der Waals surface area contributed by atoms with Gasteiger partial charge in [-0.15, -0.1) is 0 Å². The number of nitro benzene ring substituents is 1. The lowest BCUT2D eigenvalue weighted by Crippen LogP contribution is -2.29. The molecule has 2 aliphatic heterocycles. The number of hydrogen-bond donors (Lipinski definition) is 1. The van der Waals surface area contributed by atoms with Crippen LogP contribution in [0.3, 0.4) is 0 Å². The van der Waals surface area contributed by atoms with E-state index in [-0.39, 0.29) is 24.2 Å². The molecule has 0 fully saturated rings. The van der Waals surface area contributed by atoms with Gasteiger partial charge in [-0.05, 0) is 45.0 Å². The van der Waals surface area contributed by atoms with Crippen molar-refractivity contribution in [2.24, 2.45) is 0 Å². The van der Waals surface area contributed by atoms with Crippen molar-refractivity contribution in [2.45, 2.75) is 25.7 Å². The first-order valence-corrected chi connectivity index (χ1v) is 14.1. The third kappa shape index (κ3) is 5.67. The molecule has 0 aliphatic carbocycles. The Morgan fingerprint density at radius 2 is 2.05 bits per heavy atom. The van der Waals surface area contributed by atoms with Crippen LogP contribution < -0.4 is 19.9 Å². The van der Waals surface area contributed by atoms with Gasteiger partial charge in [-0.3, -0.25) is 10.1 Å². The van der Waals surface area contributed by atoms with Crippen molar-refractivity contribution in [1.29, 1.82) is 0 Å². The largest absolute Gasteiger partial charge is 0.494 e. The van der Waals surface area contributed by atoms with Gasteiger partial charge in [0, 0.05) is 63.2 Å². The van der Waals surface area contributed by atoms with E-state index in [2.05, 4.69) is 33.4 Å². The molecule has 12 heteroatoms. The van der Waals surface area contributed by atoms with Crippen LogP contribution in [0.4, 0.5) is 28.7 Å². The molecule has 1 unspecified atom stereocenters. The highest BCUT2D eigenvalue weighted by Crippen LogP contribution is 2.45. The molecule has 1 N–H and O–H groups in total. The van der Waals surface area contributed by atoms with E-state index in [0.717, 1.165) is 31.5 Å². The summed E-state index contributed by atoms with van der Waals surface area (Å²) in [6.45, 7) is 4.94. The zero-order valence-electron chi connectivity index (χ0n) is 24.7. The molecule has 5 rings (SSSR count). The molecule has 2 aliphatic rings. The number of likely N-dealkylation sites (N-methyl/N-ethyl adjacent to an activating group) is 2. The maximum Gasteiger partial charge on any atom is 0.341 e. The molecule has 12 nitrogen and oxygen atoms in total. The Hall–Kier alpha value is -4.45. The third-order valence-electron chi connectivity index (χ3n) is 7.80. The normalized spacial score (nSPS) is 15.4. The molecule has 0 amide bonds. The van der Waals surface area contributed by atoms with E-state index < -0.39 is 10.9 Å². The Balaban J connectivity index is 1.54. The second kappa shape index (κ2) is 12.2. The molecule has 3 heterocycles. The molecule has 222 valence electrons. The molecule has 1 aromatic heterocycles. The van der Waals surface area contributed by atoms with Crippen LogP contribution in [0.2, 0.25) is 0 Å². The molecule has 42 heavy (non-hydrogen) atoms. The fourth-order valence-electron chi connectivity index (χ4n) is 5.74. The van der Waals surface area contributed by atoms with Crippen molar-refractivity contribution >= 4 is 34.7 Å². The number of methoxy groups -OCH3 is 1. The molecule has 0 radical (unpaired) electrons. The van der Waals surface area contributed by atoms with Crippen molar-refractivity contribution in [2.75, 3.05) is 76.2 Å². The zero-order chi connectivity index (χ0) is 30.0. The van der Waals surface area contributed by atoms with Crippen LogP contribution >= 0.6 is 0 Å². The van der Waals surface area contributed by atoms with E-state index >= 15 is 0 Å². The van der Waals surface area contributed by atoms with Gasteiger partial charge in [0.15, 0.2) is 0 Å². The Kier molecular flexibility index (Phi) is 8.44. The van der Waals surface area contributed by atoms with Gasteiger partial charge >= 0.3 is 5.97 Å². The van der Waals surface area contributed by atoms with Gasteiger partial charge in [0.1, 0.15) is 17.0 Å². The van der Waals surface area contributed by atoms with Gasteiger partial charge in [-0.25, -0.2) is 14.8 Å². The van der Waals surface area contributed by atoms with Crippen molar-refractivity contribution in [3.05, 3.63) is 69.0 Å². The number of aromatic nitrogens is 2. The van der Waals surface area contributed by atoms with Crippen LogP contribution in [0, 0.1) is 10.1 Å². The summed E-state index contributed by atoms with van der Waals surface area (Å²) in [5.74, 6) is -0.0430. The number of nitro groups is 1. The number of carbonyl (C=O) groups is 1. The van der Waals surface area contributed by atoms with Gasteiger partial charge in [0.2, 0.25) is 5.95 Å². The number of esters is 1. The van der Waals surface area contributed by atoms with Crippen LogP contribution in [-0.2, 0) is 11.2 Å². The smallest absolute Gasteiger partial charge is 0.341 e. The van der Waals surface area contributed by atoms with Crippen LogP contribution in [0.1, 0.15) is 46.4 Å². The first-order valence-electron chi connectivity index (χ1n) is 14.1. The molecule has 0 saturated heterocycles. The molecule has 2 aromatic carbocycles. The summed E-state index contributed by atoms with van der Waals surface area (Å²) in [6, 6.07) is 9.39. The summed E-state index contributed by atoms with van der Waals surface area (Å²) in [4.78, 5) is 40.2. The highest BCUT2D eigenvalue weighted by atomic mass is 16.6.